The highest BCUT2D eigenvalue weighted by Crippen LogP contribution is 2.37. The van der Waals surface area contributed by atoms with E-state index in [1.54, 1.807) is 19.0 Å². The molecule has 1 saturated heterocycles. The number of non-ortho nitro benzene ring substituents is 1. The first kappa shape index (κ1) is 16.6. The van der Waals surface area contributed by atoms with Gasteiger partial charge in [0.05, 0.1) is 20.7 Å². The van der Waals surface area contributed by atoms with Crippen LogP contribution in [0.15, 0.2) is 12.1 Å². The zero-order valence-corrected chi connectivity index (χ0v) is 13.8. The van der Waals surface area contributed by atoms with Gasteiger partial charge in [0, 0.05) is 52.4 Å². The molecular formula is C13H16Cl2N4O3. The Hall–Kier alpha value is -1.73. The van der Waals surface area contributed by atoms with E-state index >= 15 is 0 Å². The Morgan fingerprint density at radius 1 is 1.18 bits per heavy atom. The first-order valence-electron chi connectivity index (χ1n) is 6.66. The Morgan fingerprint density at radius 2 is 1.68 bits per heavy atom. The van der Waals surface area contributed by atoms with Crippen molar-refractivity contribution in [3.05, 3.63) is 32.3 Å². The largest absolute Gasteiger partial charge is 0.366 e. The lowest BCUT2D eigenvalue weighted by Gasteiger charge is -2.37. The van der Waals surface area contributed by atoms with Crippen LogP contribution in [-0.4, -0.2) is 61.0 Å². The quantitative estimate of drug-likeness (QED) is 0.609. The van der Waals surface area contributed by atoms with E-state index in [4.69, 9.17) is 23.2 Å². The fourth-order valence-electron chi connectivity index (χ4n) is 2.36. The molecule has 1 aromatic carbocycles. The molecule has 1 aliphatic rings. The van der Waals surface area contributed by atoms with Crippen LogP contribution < -0.4 is 4.90 Å². The lowest BCUT2D eigenvalue weighted by atomic mass is 10.2. The van der Waals surface area contributed by atoms with Gasteiger partial charge in [-0.25, -0.2) is 4.79 Å². The first-order chi connectivity index (χ1) is 10.3. The molecule has 120 valence electrons. The van der Waals surface area contributed by atoms with Gasteiger partial charge in [-0.05, 0) is 0 Å². The van der Waals surface area contributed by atoms with Crippen molar-refractivity contribution in [2.45, 2.75) is 0 Å². The number of carbonyl (C=O) groups excluding carboxylic acids is 1. The number of piperazine rings is 1. The van der Waals surface area contributed by atoms with E-state index in [1.807, 2.05) is 4.90 Å². The number of nitrogens with zero attached hydrogens (tertiary/aromatic N) is 4. The number of hydrogen-bond donors (Lipinski definition) is 0. The highest BCUT2D eigenvalue weighted by Gasteiger charge is 2.26. The normalized spacial score (nSPS) is 14.9. The Balaban J connectivity index is 2.15. The Kier molecular flexibility index (Phi) is 4.97. The highest BCUT2D eigenvalue weighted by atomic mass is 35.5. The van der Waals surface area contributed by atoms with Crippen molar-refractivity contribution >= 4 is 40.6 Å². The van der Waals surface area contributed by atoms with Crippen LogP contribution in [0.3, 0.4) is 0 Å². The summed E-state index contributed by atoms with van der Waals surface area (Å²) >= 11 is 12.3. The maximum Gasteiger partial charge on any atom is 0.319 e. The monoisotopic (exact) mass is 346 g/mol. The number of hydrogen-bond acceptors (Lipinski definition) is 4. The third-order valence-corrected chi connectivity index (χ3v) is 4.04. The number of nitro benzene ring substituents is 1. The maximum atomic E-state index is 11.9. The summed E-state index contributed by atoms with van der Waals surface area (Å²) < 4.78 is 0. The third-order valence-electron chi connectivity index (χ3n) is 3.46. The van der Waals surface area contributed by atoms with E-state index in [2.05, 4.69) is 0 Å². The predicted molar refractivity (Wildman–Crippen MR) is 86.0 cm³/mol. The minimum absolute atomic E-state index is 0.0412. The molecule has 0 spiro atoms. The average molecular weight is 347 g/mol. The number of benzene rings is 1. The summed E-state index contributed by atoms with van der Waals surface area (Å²) in [5.41, 5.74) is 0.436. The van der Waals surface area contributed by atoms with Gasteiger partial charge < -0.3 is 14.7 Å². The molecule has 1 aromatic rings. The number of carbonyl (C=O) groups is 1. The molecule has 0 saturated carbocycles. The summed E-state index contributed by atoms with van der Waals surface area (Å²) in [5.74, 6) is 0. The predicted octanol–water partition coefficient (Wildman–Crippen LogP) is 2.71. The van der Waals surface area contributed by atoms with Gasteiger partial charge in [-0.2, -0.15) is 0 Å². The first-order valence-corrected chi connectivity index (χ1v) is 7.41. The Morgan fingerprint density at radius 3 is 2.09 bits per heavy atom. The lowest BCUT2D eigenvalue weighted by molar-refractivity contribution is -0.384. The molecule has 0 bridgehead atoms. The Labute approximate surface area is 138 Å². The van der Waals surface area contributed by atoms with Crippen molar-refractivity contribution in [2.24, 2.45) is 0 Å². The van der Waals surface area contributed by atoms with Crippen LogP contribution in [0, 0.1) is 10.1 Å². The smallest absolute Gasteiger partial charge is 0.319 e. The second kappa shape index (κ2) is 6.58. The van der Waals surface area contributed by atoms with Crippen LogP contribution in [0.4, 0.5) is 16.2 Å². The van der Waals surface area contributed by atoms with Gasteiger partial charge in [0.25, 0.3) is 5.69 Å². The van der Waals surface area contributed by atoms with Crippen LogP contribution in [0.25, 0.3) is 0 Å². The van der Waals surface area contributed by atoms with Crippen molar-refractivity contribution in [2.75, 3.05) is 45.2 Å². The second-order valence-corrected chi connectivity index (χ2v) is 5.98. The van der Waals surface area contributed by atoms with E-state index in [1.165, 1.54) is 17.0 Å². The summed E-state index contributed by atoms with van der Waals surface area (Å²) in [4.78, 5) is 27.4. The molecule has 9 heteroatoms. The van der Waals surface area contributed by atoms with E-state index in [0.717, 1.165) is 0 Å². The molecular weight excluding hydrogens is 331 g/mol. The molecule has 0 aliphatic carbocycles. The van der Waals surface area contributed by atoms with Crippen LogP contribution >= 0.6 is 23.2 Å². The Bertz CT molecular complexity index is 578. The molecule has 0 aromatic heterocycles. The van der Waals surface area contributed by atoms with Gasteiger partial charge in [0.1, 0.15) is 0 Å². The number of urea groups is 1. The van der Waals surface area contributed by atoms with E-state index < -0.39 is 4.92 Å². The van der Waals surface area contributed by atoms with Crippen LogP contribution in [0.1, 0.15) is 0 Å². The van der Waals surface area contributed by atoms with Gasteiger partial charge in [-0.15, -0.1) is 0 Å². The molecule has 1 fully saturated rings. The fourth-order valence-corrected chi connectivity index (χ4v) is 3.08. The second-order valence-electron chi connectivity index (χ2n) is 5.17. The number of amides is 2. The molecule has 2 rings (SSSR count). The summed E-state index contributed by atoms with van der Waals surface area (Å²) in [6, 6.07) is 2.54. The highest BCUT2D eigenvalue weighted by molar-refractivity contribution is 6.39. The van der Waals surface area contributed by atoms with Crippen molar-refractivity contribution in [3.8, 4) is 0 Å². The molecule has 2 amide bonds. The number of anilines is 1. The molecule has 1 heterocycles. The molecule has 7 nitrogen and oxygen atoms in total. The number of nitro groups is 1. The molecule has 0 atom stereocenters. The molecule has 1 aliphatic heterocycles. The topological polar surface area (TPSA) is 69.9 Å². The summed E-state index contributed by atoms with van der Waals surface area (Å²) in [6.45, 7) is 2.22. The molecule has 0 radical (unpaired) electrons. The van der Waals surface area contributed by atoms with Gasteiger partial charge in [-0.1, -0.05) is 23.2 Å². The van der Waals surface area contributed by atoms with Crippen LogP contribution in [0.5, 0.6) is 0 Å². The van der Waals surface area contributed by atoms with Gasteiger partial charge in [0.2, 0.25) is 0 Å². The van der Waals surface area contributed by atoms with E-state index in [0.29, 0.717) is 31.9 Å². The minimum Gasteiger partial charge on any atom is -0.366 e. The van der Waals surface area contributed by atoms with Crippen molar-refractivity contribution < 1.29 is 9.72 Å². The van der Waals surface area contributed by atoms with Gasteiger partial charge in [0.15, 0.2) is 0 Å². The number of halogens is 2. The molecule has 0 unspecified atom stereocenters. The molecule has 22 heavy (non-hydrogen) atoms. The van der Waals surface area contributed by atoms with E-state index in [-0.39, 0.29) is 21.8 Å². The number of rotatable bonds is 2. The van der Waals surface area contributed by atoms with Crippen molar-refractivity contribution in [3.63, 3.8) is 0 Å². The summed E-state index contributed by atoms with van der Waals surface area (Å²) in [6.07, 6.45) is 0. The lowest BCUT2D eigenvalue weighted by Crippen LogP contribution is -2.51. The maximum absolute atomic E-state index is 11.9. The van der Waals surface area contributed by atoms with Gasteiger partial charge >= 0.3 is 6.03 Å². The van der Waals surface area contributed by atoms with Crippen molar-refractivity contribution in [1.29, 1.82) is 0 Å². The average Bonchev–Trinajstić information content (AvgIpc) is 2.46. The SMILES string of the molecule is CN(C)C(=O)N1CCN(c2c(Cl)cc([N+](=O)[O-])cc2Cl)CC1. The zero-order chi connectivity index (χ0) is 16.4. The summed E-state index contributed by atoms with van der Waals surface area (Å²) in [7, 11) is 3.41. The minimum atomic E-state index is -0.533. The van der Waals surface area contributed by atoms with Crippen LogP contribution in [0.2, 0.25) is 10.0 Å². The zero-order valence-electron chi connectivity index (χ0n) is 12.3. The fraction of sp³-hybridized carbons (Fsp3) is 0.462. The standard InChI is InChI=1S/C13H16Cl2N4O3/c1-16(2)13(20)18-5-3-17(4-6-18)12-10(14)7-9(19(21)22)8-11(12)15/h7-8H,3-6H2,1-2H3. The van der Waals surface area contributed by atoms with Gasteiger partial charge in [-0.3, -0.25) is 10.1 Å². The van der Waals surface area contributed by atoms with Crippen molar-refractivity contribution in [1.82, 2.24) is 9.80 Å². The van der Waals surface area contributed by atoms with Crippen LogP contribution in [-0.2, 0) is 0 Å². The third kappa shape index (κ3) is 3.36. The summed E-state index contributed by atoms with van der Waals surface area (Å²) in [5, 5.41) is 11.3. The van der Waals surface area contributed by atoms with E-state index in [9.17, 15) is 14.9 Å². The molecule has 0 N–H and O–H groups in total.